The summed E-state index contributed by atoms with van der Waals surface area (Å²) in [6, 6.07) is 8.26. The Morgan fingerprint density at radius 2 is 2.04 bits per heavy atom. The molecule has 0 aliphatic carbocycles. The second-order valence-electron chi connectivity index (χ2n) is 5.27. The first-order valence-electron chi connectivity index (χ1n) is 7.77. The van der Waals surface area contributed by atoms with Crippen molar-refractivity contribution in [2.45, 2.75) is 0 Å². The molecule has 0 aliphatic rings. The molecule has 4 nitrogen and oxygen atoms in total. The summed E-state index contributed by atoms with van der Waals surface area (Å²) in [5.41, 5.74) is 3.21. The standard InChI is InChI=1S/C18H15N3OS.C2H4.H2/c1-21-10-8-13-14(21)4-5-16-18(13)20-17(23-16)6-3-12-11-19-9-7-15(12)22-2;1-2;/h3-11H,1-2H3;1-2H2;1H. The second-order valence-corrected chi connectivity index (χ2v) is 6.34. The van der Waals surface area contributed by atoms with Gasteiger partial charge in [-0.25, -0.2) is 4.98 Å². The number of aromatic nitrogens is 3. The third kappa shape index (κ3) is 3.19. The van der Waals surface area contributed by atoms with Crippen molar-refractivity contribution < 1.29 is 6.16 Å². The summed E-state index contributed by atoms with van der Waals surface area (Å²) in [6.45, 7) is 6.00. The molecule has 5 heteroatoms. The Balaban J connectivity index is 0.000000784. The fraction of sp³-hybridized carbons (Fsp3) is 0.100. The monoisotopic (exact) mass is 351 g/mol. The highest BCUT2D eigenvalue weighted by Gasteiger charge is 2.08. The summed E-state index contributed by atoms with van der Waals surface area (Å²) in [6.07, 6.45) is 9.59. The molecule has 0 aliphatic heterocycles. The summed E-state index contributed by atoms with van der Waals surface area (Å²) in [4.78, 5) is 8.92. The Morgan fingerprint density at radius 3 is 2.84 bits per heavy atom. The zero-order chi connectivity index (χ0) is 17.8. The van der Waals surface area contributed by atoms with Crippen LogP contribution in [0.15, 0.2) is 56.0 Å². The first kappa shape index (κ1) is 16.9. The number of ether oxygens (including phenoxy) is 1. The highest BCUT2D eigenvalue weighted by atomic mass is 32.1. The van der Waals surface area contributed by atoms with Crippen LogP contribution in [0.1, 0.15) is 12.0 Å². The Hall–Kier alpha value is -2.92. The number of methoxy groups -OCH3 is 1. The lowest BCUT2D eigenvalue weighted by molar-refractivity contribution is 0.413. The van der Waals surface area contributed by atoms with E-state index in [1.807, 2.05) is 18.2 Å². The minimum Gasteiger partial charge on any atom is -0.496 e. The Labute approximate surface area is 152 Å². The number of nitrogens with zero attached hydrogens (tertiary/aromatic N) is 3. The van der Waals surface area contributed by atoms with Crippen molar-refractivity contribution in [3.05, 3.63) is 66.6 Å². The maximum absolute atomic E-state index is 5.34. The van der Waals surface area contributed by atoms with E-state index in [2.05, 4.69) is 54.2 Å². The highest BCUT2D eigenvalue weighted by Crippen LogP contribution is 2.30. The molecule has 0 unspecified atom stereocenters. The summed E-state index contributed by atoms with van der Waals surface area (Å²) in [5, 5.41) is 2.17. The minimum atomic E-state index is 0. The van der Waals surface area contributed by atoms with Crippen LogP contribution in [0.4, 0.5) is 0 Å². The van der Waals surface area contributed by atoms with Crippen LogP contribution in [0.2, 0.25) is 0 Å². The van der Waals surface area contributed by atoms with Crippen LogP contribution in [-0.2, 0) is 7.05 Å². The summed E-state index contributed by atoms with van der Waals surface area (Å²) < 4.78 is 8.65. The summed E-state index contributed by atoms with van der Waals surface area (Å²) >= 11 is 1.69. The van der Waals surface area contributed by atoms with Crippen molar-refractivity contribution in [2.24, 2.45) is 7.05 Å². The number of thiazole rings is 1. The molecule has 0 radical (unpaired) electrons. The molecule has 4 rings (SSSR count). The fourth-order valence-electron chi connectivity index (χ4n) is 2.70. The lowest BCUT2D eigenvalue weighted by Gasteiger charge is -2.01. The molecular formula is C20H21N3OS. The lowest BCUT2D eigenvalue weighted by Crippen LogP contribution is -1.87. The summed E-state index contributed by atoms with van der Waals surface area (Å²) in [5.74, 6) is 0.808. The van der Waals surface area contributed by atoms with Crippen LogP contribution < -0.4 is 4.74 Å². The van der Waals surface area contributed by atoms with E-state index in [0.717, 1.165) is 21.8 Å². The van der Waals surface area contributed by atoms with Crippen LogP contribution in [-0.4, -0.2) is 21.6 Å². The predicted molar refractivity (Wildman–Crippen MR) is 109 cm³/mol. The molecule has 3 heterocycles. The van der Waals surface area contributed by atoms with Gasteiger partial charge in [0.25, 0.3) is 0 Å². The fourth-order valence-corrected chi connectivity index (χ4v) is 3.58. The molecule has 0 N–H and O–H groups in total. The van der Waals surface area contributed by atoms with Gasteiger partial charge in [0, 0.05) is 38.0 Å². The average Bonchev–Trinajstić information content (AvgIpc) is 3.25. The topological polar surface area (TPSA) is 39.9 Å². The molecule has 0 bridgehead atoms. The molecule has 0 saturated heterocycles. The third-order valence-electron chi connectivity index (χ3n) is 3.87. The molecule has 0 fully saturated rings. The van der Waals surface area contributed by atoms with Crippen molar-refractivity contribution >= 4 is 44.6 Å². The van der Waals surface area contributed by atoms with Gasteiger partial charge in [0.2, 0.25) is 0 Å². The van der Waals surface area contributed by atoms with Gasteiger partial charge in [0.05, 0.1) is 22.8 Å². The Bertz CT molecular complexity index is 1050. The molecule has 3 aromatic heterocycles. The summed E-state index contributed by atoms with van der Waals surface area (Å²) in [7, 11) is 3.71. The van der Waals surface area contributed by atoms with Crippen LogP contribution >= 0.6 is 11.3 Å². The lowest BCUT2D eigenvalue weighted by atomic mass is 10.2. The van der Waals surface area contributed by atoms with E-state index in [9.17, 15) is 0 Å². The largest absolute Gasteiger partial charge is 0.496 e. The highest BCUT2D eigenvalue weighted by molar-refractivity contribution is 7.19. The van der Waals surface area contributed by atoms with Gasteiger partial charge in [-0.1, -0.05) is 0 Å². The van der Waals surface area contributed by atoms with Crippen LogP contribution in [0.5, 0.6) is 5.75 Å². The average molecular weight is 351 g/mol. The quantitative estimate of drug-likeness (QED) is 0.463. The maximum Gasteiger partial charge on any atom is 0.129 e. The van der Waals surface area contributed by atoms with Crippen LogP contribution in [0.25, 0.3) is 33.3 Å². The van der Waals surface area contributed by atoms with Crippen molar-refractivity contribution in [2.75, 3.05) is 7.11 Å². The SMILES string of the molecule is C=C.COc1ccncc1C=Cc1nc2c(ccc3c2ccn3C)s1.[HH]. The number of hydrogen-bond acceptors (Lipinski definition) is 4. The molecule has 1 aromatic carbocycles. The minimum absolute atomic E-state index is 0. The van der Waals surface area contributed by atoms with Gasteiger partial charge in [-0.15, -0.1) is 24.5 Å². The number of pyridine rings is 1. The predicted octanol–water partition coefficient (Wildman–Crippen LogP) is 5.41. The number of benzene rings is 1. The van der Waals surface area contributed by atoms with Gasteiger partial charge < -0.3 is 9.30 Å². The van der Waals surface area contributed by atoms with Gasteiger partial charge in [-0.2, -0.15) is 0 Å². The normalized spacial score (nSPS) is 11.0. The van der Waals surface area contributed by atoms with Gasteiger partial charge in [-0.05, 0) is 36.4 Å². The van der Waals surface area contributed by atoms with E-state index >= 15 is 0 Å². The van der Waals surface area contributed by atoms with Crippen LogP contribution in [0, 0.1) is 0 Å². The van der Waals surface area contributed by atoms with Crippen molar-refractivity contribution in [3.63, 3.8) is 0 Å². The molecule has 25 heavy (non-hydrogen) atoms. The van der Waals surface area contributed by atoms with Crippen molar-refractivity contribution in [1.29, 1.82) is 0 Å². The molecule has 4 aromatic rings. The molecular weight excluding hydrogens is 330 g/mol. The molecule has 128 valence electrons. The van der Waals surface area contributed by atoms with E-state index in [1.165, 1.54) is 15.6 Å². The van der Waals surface area contributed by atoms with Gasteiger partial charge in [0.15, 0.2) is 0 Å². The first-order chi connectivity index (χ1) is 12.3. The van der Waals surface area contributed by atoms with E-state index in [4.69, 9.17) is 9.72 Å². The van der Waals surface area contributed by atoms with E-state index < -0.39 is 0 Å². The smallest absolute Gasteiger partial charge is 0.129 e. The third-order valence-corrected chi connectivity index (χ3v) is 4.86. The van der Waals surface area contributed by atoms with Gasteiger partial charge >= 0.3 is 0 Å². The number of hydrogen-bond donors (Lipinski definition) is 0. The molecule has 0 saturated carbocycles. The van der Waals surface area contributed by atoms with E-state index in [0.29, 0.717) is 0 Å². The zero-order valence-electron chi connectivity index (χ0n) is 14.3. The van der Waals surface area contributed by atoms with E-state index in [1.54, 1.807) is 30.8 Å². The Kier molecular flexibility index (Phi) is 4.95. The molecule has 0 amide bonds. The number of aryl methyl sites for hydroxylation is 1. The van der Waals surface area contributed by atoms with Gasteiger partial charge in [0.1, 0.15) is 10.8 Å². The molecule has 0 spiro atoms. The second kappa shape index (κ2) is 7.32. The van der Waals surface area contributed by atoms with Crippen molar-refractivity contribution in [3.8, 4) is 5.75 Å². The Morgan fingerprint density at radius 1 is 1.20 bits per heavy atom. The van der Waals surface area contributed by atoms with E-state index in [-0.39, 0.29) is 1.43 Å². The van der Waals surface area contributed by atoms with Crippen LogP contribution in [0.3, 0.4) is 0 Å². The van der Waals surface area contributed by atoms with Crippen molar-refractivity contribution in [1.82, 2.24) is 14.5 Å². The number of fused-ring (bicyclic) bond motifs is 3. The maximum atomic E-state index is 5.34. The number of rotatable bonds is 3. The molecule has 0 atom stereocenters. The van der Waals surface area contributed by atoms with Gasteiger partial charge in [-0.3, -0.25) is 4.98 Å². The zero-order valence-corrected chi connectivity index (χ0v) is 15.1. The first-order valence-corrected chi connectivity index (χ1v) is 8.58.